The Morgan fingerprint density at radius 2 is 1.77 bits per heavy atom. The van der Waals surface area contributed by atoms with E-state index in [1.165, 1.54) is 6.07 Å². The van der Waals surface area contributed by atoms with E-state index in [0.717, 1.165) is 5.56 Å². The molecule has 0 aliphatic carbocycles. The Hall–Kier alpha value is -3.51. The lowest BCUT2D eigenvalue weighted by atomic mass is 10.00. The third-order valence-electron chi connectivity index (χ3n) is 4.81. The van der Waals surface area contributed by atoms with Gasteiger partial charge in [-0.1, -0.05) is 54.1 Å². The molecule has 5 nitrogen and oxygen atoms in total. The molecule has 156 valence electrons. The highest BCUT2D eigenvalue weighted by molar-refractivity contribution is 6.32. The molecule has 0 bridgehead atoms. The molecule has 0 aromatic heterocycles. The lowest BCUT2D eigenvalue weighted by Gasteiger charge is -2.11. The quantitative estimate of drug-likeness (QED) is 0.586. The summed E-state index contributed by atoms with van der Waals surface area (Å²) in [6.07, 6.45) is -0.279. The first kappa shape index (κ1) is 20.8. The van der Waals surface area contributed by atoms with Gasteiger partial charge in [-0.3, -0.25) is 14.6 Å². The summed E-state index contributed by atoms with van der Waals surface area (Å²) in [7, 11) is 0. The van der Waals surface area contributed by atoms with E-state index < -0.39 is 23.7 Å². The largest absolute Gasteiger partial charge is 0.461 e. The van der Waals surface area contributed by atoms with Gasteiger partial charge in [0, 0.05) is 16.1 Å². The van der Waals surface area contributed by atoms with Crippen LogP contribution >= 0.6 is 11.6 Å². The smallest absolute Gasteiger partial charge is 0.308 e. The number of carbonyl (C=O) groups excluding carboxylic acids is 2. The number of amides is 1. The summed E-state index contributed by atoms with van der Waals surface area (Å²) in [5, 5.41) is 3.17. The normalized spacial score (nSPS) is 15.4. The van der Waals surface area contributed by atoms with Crippen LogP contribution in [0.4, 0.5) is 10.1 Å². The Kier molecular flexibility index (Phi) is 6.09. The average molecular weight is 437 g/mol. The van der Waals surface area contributed by atoms with Crippen molar-refractivity contribution in [2.75, 3.05) is 5.32 Å². The number of ether oxygens (including phenoxy) is 1. The minimum Gasteiger partial charge on any atom is -0.461 e. The lowest BCUT2D eigenvalue weighted by molar-refractivity contribution is -0.146. The van der Waals surface area contributed by atoms with Gasteiger partial charge in [0.25, 0.3) is 0 Å². The van der Waals surface area contributed by atoms with Gasteiger partial charge in [0.2, 0.25) is 5.91 Å². The lowest BCUT2D eigenvalue weighted by Crippen LogP contribution is -2.28. The molecule has 3 aromatic rings. The number of benzene rings is 3. The van der Waals surface area contributed by atoms with Crippen LogP contribution in [-0.4, -0.2) is 23.6 Å². The van der Waals surface area contributed by atoms with Gasteiger partial charge in [0.05, 0.1) is 17.8 Å². The number of halogens is 2. The number of hydrogen-bond donors (Lipinski definition) is 1. The first-order valence-electron chi connectivity index (χ1n) is 9.64. The number of carbonyl (C=O) groups is 2. The molecule has 0 saturated carbocycles. The maximum absolute atomic E-state index is 14.6. The van der Waals surface area contributed by atoms with E-state index in [1.807, 2.05) is 30.3 Å². The second-order valence-electron chi connectivity index (χ2n) is 7.00. The minimum atomic E-state index is -1.08. The number of rotatable bonds is 5. The van der Waals surface area contributed by atoms with E-state index in [1.54, 1.807) is 36.4 Å². The molecule has 0 fully saturated rings. The number of aliphatic imine (C=N–C) groups is 1. The van der Waals surface area contributed by atoms with E-state index in [-0.39, 0.29) is 24.3 Å². The van der Waals surface area contributed by atoms with E-state index in [0.29, 0.717) is 16.3 Å². The Labute approximate surface area is 183 Å². The Bertz CT molecular complexity index is 1160. The van der Waals surface area contributed by atoms with Gasteiger partial charge >= 0.3 is 5.97 Å². The summed E-state index contributed by atoms with van der Waals surface area (Å²) in [6, 6.07) is 19.1. The van der Waals surface area contributed by atoms with Crippen molar-refractivity contribution in [2.45, 2.75) is 19.1 Å². The van der Waals surface area contributed by atoms with Crippen molar-refractivity contribution in [2.24, 2.45) is 4.99 Å². The van der Waals surface area contributed by atoms with E-state index in [4.69, 9.17) is 16.3 Å². The molecule has 1 atom stereocenters. The summed E-state index contributed by atoms with van der Waals surface area (Å²) < 4.78 is 19.9. The first-order valence-corrected chi connectivity index (χ1v) is 10.0. The fourth-order valence-electron chi connectivity index (χ4n) is 3.28. The summed E-state index contributed by atoms with van der Waals surface area (Å²) in [5.74, 6) is -1.55. The van der Waals surface area contributed by atoms with Crippen molar-refractivity contribution in [1.82, 2.24) is 0 Å². The number of nitrogens with zero attached hydrogens (tertiary/aromatic N) is 1. The van der Waals surface area contributed by atoms with Crippen LogP contribution < -0.4 is 5.32 Å². The maximum Gasteiger partial charge on any atom is 0.308 e. The van der Waals surface area contributed by atoms with Crippen molar-refractivity contribution in [3.05, 3.63) is 100 Å². The molecule has 0 spiro atoms. The van der Waals surface area contributed by atoms with Gasteiger partial charge in [0.15, 0.2) is 0 Å². The molecule has 1 N–H and O–H groups in total. The number of benzodiazepines with no additional fused rings is 1. The Morgan fingerprint density at radius 3 is 2.55 bits per heavy atom. The number of esters is 1. The molecule has 3 aromatic carbocycles. The van der Waals surface area contributed by atoms with Crippen molar-refractivity contribution in [3.8, 4) is 0 Å². The molecule has 1 amide bonds. The first-order chi connectivity index (χ1) is 15.0. The van der Waals surface area contributed by atoms with Crippen LogP contribution in [0.2, 0.25) is 5.02 Å². The van der Waals surface area contributed by atoms with Crippen LogP contribution in [0.25, 0.3) is 0 Å². The Morgan fingerprint density at radius 1 is 1.03 bits per heavy atom. The zero-order chi connectivity index (χ0) is 21.8. The minimum absolute atomic E-state index is 0.0910. The van der Waals surface area contributed by atoms with E-state index >= 15 is 0 Å². The van der Waals surface area contributed by atoms with Crippen LogP contribution in [0.15, 0.2) is 77.8 Å². The molecule has 1 aliphatic heterocycles. The van der Waals surface area contributed by atoms with Crippen molar-refractivity contribution in [1.29, 1.82) is 0 Å². The average Bonchev–Trinajstić information content (AvgIpc) is 2.90. The summed E-state index contributed by atoms with van der Waals surface area (Å²) in [5.41, 5.74) is 2.21. The number of fused-ring (bicyclic) bond motifs is 1. The molecule has 1 heterocycles. The van der Waals surface area contributed by atoms with Crippen molar-refractivity contribution in [3.63, 3.8) is 0 Å². The summed E-state index contributed by atoms with van der Waals surface area (Å²) in [4.78, 5) is 29.7. The molecule has 4 rings (SSSR count). The zero-order valence-electron chi connectivity index (χ0n) is 16.3. The molecule has 0 unspecified atom stereocenters. The van der Waals surface area contributed by atoms with Gasteiger partial charge in [-0.05, 0) is 35.9 Å². The monoisotopic (exact) mass is 436 g/mol. The van der Waals surface area contributed by atoms with E-state index in [2.05, 4.69) is 10.3 Å². The molecular formula is C24H18ClFN2O3. The highest BCUT2D eigenvalue weighted by atomic mass is 35.5. The predicted molar refractivity (Wildman–Crippen MR) is 117 cm³/mol. The van der Waals surface area contributed by atoms with Gasteiger partial charge in [-0.25, -0.2) is 4.39 Å². The Balaban J connectivity index is 1.64. The van der Waals surface area contributed by atoms with Gasteiger partial charge < -0.3 is 10.1 Å². The van der Waals surface area contributed by atoms with Crippen molar-refractivity contribution < 1.29 is 18.7 Å². The third-order valence-corrected chi connectivity index (χ3v) is 5.05. The SMILES string of the molecule is O=C(C[C@@H]1N=C(c2ccccc2F)c2cc(Cl)ccc2NC1=O)OCc1ccccc1. The summed E-state index contributed by atoms with van der Waals surface area (Å²) in [6.45, 7) is 0.0910. The van der Waals surface area contributed by atoms with Gasteiger partial charge in [0.1, 0.15) is 18.5 Å². The molecule has 1 aliphatic rings. The third kappa shape index (κ3) is 4.81. The summed E-state index contributed by atoms with van der Waals surface area (Å²) >= 11 is 6.14. The molecular weight excluding hydrogens is 419 g/mol. The van der Waals surface area contributed by atoms with Crippen LogP contribution in [0.5, 0.6) is 0 Å². The fraction of sp³-hybridized carbons (Fsp3) is 0.125. The second kappa shape index (κ2) is 9.10. The van der Waals surface area contributed by atoms with Crippen LogP contribution in [0.1, 0.15) is 23.1 Å². The zero-order valence-corrected chi connectivity index (χ0v) is 17.1. The maximum atomic E-state index is 14.6. The molecule has 0 saturated heterocycles. The standard InChI is InChI=1S/C24H18ClFN2O3/c25-16-10-11-20-18(12-16)23(17-8-4-5-9-19(17)26)27-21(24(30)28-20)13-22(29)31-14-15-6-2-1-3-7-15/h1-12,21H,13-14H2,(H,28,30)/t21-/m0/s1. The molecule has 0 radical (unpaired) electrons. The number of nitrogens with one attached hydrogen (secondary N) is 1. The fourth-order valence-corrected chi connectivity index (χ4v) is 3.45. The van der Waals surface area contributed by atoms with Crippen molar-refractivity contribution >= 4 is 34.9 Å². The topological polar surface area (TPSA) is 67.8 Å². The van der Waals surface area contributed by atoms with Crippen LogP contribution in [0.3, 0.4) is 0 Å². The van der Waals surface area contributed by atoms with Crippen LogP contribution in [0, 0.1) is 5.82 Å². The highest BCUT2D eigenvalue weighted by Gasteiger charge is 2.29. The van der Waals surface area contributed by atoms with Gasteiger partial charge in [-0.15, -0.1) is 0 Å². The van der Waals surface area contributed by atoms with Crippen LogP contribution in [-0.2, 0) is 20.9 Å². The second-order valence-corrected chi connectivity index (χ2v) is 7.44. The predicted octanol–water partition coefficient (Wildman–Crippen LogP) is 4.77. The highest BCUT2D eigenvalue weighted by Crippen LogP contribution is 2.28. The molecule has 7 heteroatoms. The number of anilines is 1. The number of hydrogen-bond acceptors (Lipinski definition) is 4. The van der Waals surface area contributed by atoms with Gasteiger partial charge in [-0.2, -0.15) is 0 Å². The molecule has 31 heavy (non-hydrogen) atoms. The van der Waals surface area contributed by atoms with E-state index in [9.17, 15) is 14.0 Å².